The van der Waals surface area contributed by atoms with E-state index in [9.17, 15) is 0 Å². The van der Waals surface area contributed by atoms with Crippen LogP contribution in [-0.4, -0.2) is 25.2 Å². The second-order valence-corrected chi connectivity index (χ2v) is 19.0. The third-order valence-electron chi connectivity index (χ3n) is 9.90. The number of hydrogen-bond acceptors (Lipinski definition) is 0. The largest absolute Gasteiger partial charge is 0.0654 e. The predicted octanol–water partition coefficient (Wildman–Crippen LogP) is 15.6. The van der Waals surface area contributed by atoms with Crippen LogP contribution in [0.5, 0.6) is 0 Å². The second kappa shape index (κ2) is 34.9. The van der Waals surface area contributed by atoms with Crippen molar-refractivity contribution in [3.8, 4) is 0 Å². The Morgan fingerprint density at radius 2 is 0.366 bits per heavy atom. The van der Waals surface area contributed by atoms with E-state index < -0.39 is 7.26 Å². The van der Waals surface area contributed by atoms with Crippen LogP contribution in [0.25, 0.3) is 0 Å². The second-order valence-electron chi connectivity index (χ2n) is 14.4. The van der Waals surface area contributed by atoms with Crippen LogP contribution in [0.1, 0.15) is 233 Å². The zero-order valence-corrected chi connectivity index (χ0v) is 30.8. The first-order chi connectivity index (χ1) is 20.2. The monoisotopic (exact) mass is 596 g/mol. The van der Waals surface area contributed by atoms with Gasteiger partial charge in [-0.25, -0.2) is 0 Å². The van der Waals surface area contributed by atoms with Gasteiger partial charge < -0.3 is 0 Å². The zero-order valence-electron chi connectivity index (χ0n) is 29.9. The van der Waals surface area contributed by atoms with E-state index >= 15 is 0 Å². The summed E-state index contributed by atoms with van der Waals surface area (Å²) >= 11 is 0. The molecule has 0 aliphatic carbocycles. The summed E-state index contributed by atoms with van der Waals surface area (Å²) in [5, 5.41) is 0. The van der Waals surface area contributed by atoms with Gasteiger partial charge in [0.1, 0.15) is 0 Å². The highest BCUT2D eigenvalue weighted by Gasteiger charge is 2.29. The van der Waals surface area contributed by atoms with Crippen LogP contribution < -0.4 is 0 Å². The van der Waals surface area contributed by atoms with Crippen molar-refractivity contribution in [2.75, 3.05) is 25.2 Å². The van der Waals surface area contributed by atoms with Crippen LogP contribution in [0.3, 0.4) is 0 Å². The fraction of sp³-hybridized carbons (Fsp3) is 1.00. The lowest BCUT2D eigenvalue weighted by molar-refractivity contribution is 0.552. The van der Waals surface area contributed by atoms with Crippen molar-refractivity contribution in [2.45, 2.75) is 233 Å². The lowest BCUT2D eigenvalue weighted by Crippen LogP contribution is -2.08. The van der Waals surface area contributed by atoms with E-state index in [0.29, 0.717) is 0 Å². The van der Waals surface area contributed by atoms with Gasteiger partial charge in [0.15, 0.2) is 0 Å². The Kier molecular flexibility index (Phi) is 35.3. The average Bonchev–Trinajstić information content (AvgIpc) is 2.97. The summed E-state index contributed by atoms with van der Waals surface area (Å²) in [7, 11) is -0.701. The lowest BCUT2D eigenvalue weighted by atomic mass is 10.1. The molecule has 0 radical (unpaired) electrons. The van der Waals surface area contributed by atoms with E-state index in [1.807, 2.05) is 0 Å². The predicted molar refractivity (Wildman–Crippen MR) is 197 cm³/mol. The molecule has 41 heavy (non-hydrogen) atoms. The quantitative estimate of drug-likeness (QED) is 0.0499. The highest BCUT2D eigenvalue weighted by Crippen LogP contribution is 2.57. The van der Waals surface area contributed by atoms with Gasteiger partial charge in [0, 0.05) is 13.9 Å². The molecular weight excluding hydrogens is 511 g/mol. The maximum Gasteiger partial charge on any atom is 0.0591 e. The molecule has 1 heteroatoms. The summed E-state index contributed by atoms with van der Waals surface area (Å²) in [5.74, 6) is 0. The molecule has 0 bridgehead atoms. The molecule has 0 aromatic heterocycles. The number of rotatable bonds is 36. The topological polar surface area (TPSA) is 0 Å². The van der Waals surface area contributed by atoms with Gasteiger partial charge in [0.2, 0.25) is 0 Å². The fourth-order valence-electron chi connectivity index (χ4n) is 6.81. The highest BCUT2D eigenvalue weighted by molar-refractivity contribution is 7.75. The Morgan fingerprint density at radius 3 is 0.537 bits per heavy atom. The number of hydrogen-bond donors (Lipinski definition) is 0. The molecule has 248 valence electrons. The van der Waals surface area contributed by atoms with Crippen molar-refractivity contribution in [3.05, 3.63) is 0 Å². The first-order valence-corrected chi connectivity index (χ1v) is 22.8. The van der Waals surface area contributed by atoms with E-state index in [1.54, 1.807) is 18.5 Å². The fourth-order valence-corrected chi connectivity index (χ4v) is 10.4. The molecule has 0 aromatic rings. The highest BCUT2D eigenvalue weighted by atomic mass is 31.2. The first-order valence-electron chi connectivity index (χ1n) is 20.0. The van der Waals surface area contributed by atoms with Gasteiger partial charge in [-0.1, -0.05) is 194 Å². The Morgan fingerprint density at radius 1 is 0.220 bits per heavy atom. The molecule has 0 N–H and O–H groups in total. The maximum atomic E-state index is 2.79. The minimum absolute atomic E-state index is 0.701. The van der Waals surface area contributed by atoms with Crippen molar-refractivity contribution in [2.24, 2.45) is 0 Å². The molecule has 0 spiro atoms. The van der Waals surface area contributed by atoms with Crippen LogP contribution in [0.2, 0.25) is 0 Å². The Hall–Kier alpha value is 0.430. The molecular formula is C40H84P+. The molecule has 0 saturated heterocycles. The Bertz CT molecular complexity index is 393. The maximum absolute atomic E-state index is 2.79. The van der Waals surface area contributed by atoms with Crippen molar-refractivity contribution in [3.63, 3.8) is 0 Å². The van der Waals surface area contributed by atoms with Gasteiger partial charge in [0.25, 0.3) is 0 Å². The smallest absolute Gasteiger partial charge is 0.0591 e. The SMILES string of the molecule is CCCCCCCCCCCCC[P+](C)(CCCCCCCCCCCCC)CCCCCCCCCCCCC. The minimum atomic E-state index is -0.701. The summed E-state index contributed by atoms with van der Waals surface area (Å²) in [4.78, 5) is 0. The van der Waals surface area contributed by atoms with Gasteiger partial charge in [-0.2, -0.15) is 0 Å². The molecule has 0 aliphatic rings. The van der Waals surface area contributed by atoms with E-state index in [1.165, 1.54) is 212 Å². The third kappa shape index (κ3) is 33.2. The summed E-state index contributed by atoms with van der Waals surface area (Å²) in [6, 6.07) is 0. The summed E-state index contributed by atoms with van der Waals surface area (Å²) in [6.45, 7) is 9.76. The molecule has 0 unspecified atom stereocenters. The molecule has 0 amide bonds. The first kappa shape index (κ1) is 41.4. The molecule has 0 saturated carbocycles. The average molecular weight is 596 g/mol. The van der Waals surface area contributed by atoms with Gasteiger partial charge >= 0.3 is 0 Å². The summed E-state index contributed by atoms with van der Waals surface area (Å²) in [6.07, 6.45) is 53.8. The van der Waals surface area contributed by atoms with Gasteiger partial charge in [-0.3, -0.25) is 0 Å². The molecule has 0 atom stereocenters. The minimum Gasteiger partial charge on any atom is -0.0654 e. The molecule has 0 rings (SSSR count). The molecule has 0 aromatic carbocycles. The van der Waals surface area contributed by atoms with E-state index in [2.05, 4.69) is 27.4 Å². The van der Waals surface area contributed by atoms with Crippen LogP contribution in [0, 0.1) is 0 Å². The van der Waals surface area contributed by atoms with Crippen LogP contribution in [0.4, 0.5) is 0 Å². The lowest BCUT2D eigenvalue weighted by Gasteiger charge is -2.24. The van der Waals surface area contributed by atoms with Gasteiger partial charge in [-0.15, -0.1) is 0 Å². The standard InChI is InChI=1S/C40H84P/c1-5-8-11-14-17-20-23-26-29-32-35-38-41(4,39-36-33-30-27-24-21-18-15-12-9-6-2)40-37-34-31-28-25-22-19-16-13-10-7-3/h5-40H2,1-4H3/q+1. The molecule has 0 heterocycles. The normalized spacial score (nSPS) is 12.0. The third-order valence-corrected chi connectivity index (χ3v) is 14.1. The van der Waals surface area contributed by atoms with E-state index in [0.717, 1.165) is 0 Å². The Balaban J connectivity index is 4.06. The molecule has 0 fully saturated rings. The van der Waals surface area contributed by atoms with Crippen LogP contribution in [0.15, 0.2) is 0 Å². The van der Waals surface area contributed by atoms with Crippen molar-refractivity contribution < 1.29 is 0 Å². The van der Waals surface area contributed by atoms with Crippen molar-refractivity contribution in [1.29, 1.82) is 0 Å². The van der Waals surface area contributed by atoms with Gasteiger partial charge in [-0.05, 0) is 38.5 Å². The van der Waals surface area contributed by atoms with E-state index in [-0.39, 0.29) is 0 Å². The Labute approximate surface area is 264 Å². The summed E-state index contributed by atoms with van der Waals surface area (Å²) < 4.78 is 0. The van der Waals surface area contributed by atoms with Crippen molar-refractivity contribution in [1.82, 2.24) is 0 Å². The van der Waals surface area contributed by atoms with E-state index in [4.69, 9.17) is 0 Å². The molecule has 0 aliphatic heterocycles. The summed E-state index contributed by atoms with van der Waals surface area (Å²) in [5.41, 5.74) is 0. The van der Waals surface area contributed by atoms with Crippen LogP contribution >= 0.6 is 7.26 Å². The zero-order chi connectivity index (χ0) is 30.0. The van der Waals surface area contributed by atoms with Gasteiger partial charge in [0.05, 0.1) is 18.5 Å². The molecule has 0 nitrogen and oxygen atoms in total. The van der Waals surface area contributed by atoms with Crippen molar-refractivity contribution >= 4 is 7.26 Å². The van der Waals surface area contributed by atoms with Crippen LogP contribution in [-0.2, 0) is 0 Å². The number of unbranched alkanes of at least 4 members (excludes halogenated alkanes) is 30.